The number of ether oxygens (including phenoxy) is 1. The predicted octanol–water partition coefficient (Wildman–Crippen LogP) is 2.04. The Morgan fingerprint density at radius 2 is 2.00 bits per heavy atom. The maximum absolute atomic E-state index is 5.87. The summed E-state index contributed by atoms with van der Waals surface area (Å²) in [6, 6.07) is 5.58. The zero-order valence-corrected chi connectivity index (χ0v) is 9.27. The van der Waals surface area contributed by atoms with Gasteiger partial charge in [-0.2, -0.15) is 0 Å². The number of aryl methyl sites for hydroxylation is 1. The lowest BCUT2D eigenvalue weighted by molar-refractivity contribution is 0.415. The molecule has 0 saturated heterocycles. The molecule has 0 bridgehead atoms. The summed E-state index contributed by atoms with van der Waals surface area (Å²) in [5.41, 5.74) is 8.47. The fourth-order valence-corrected chi connectivity index (χ4v) is 1.63. The van der Waals surface area contributed by atoms with Crippen LogP contribution in [0.2, 0.25) is 0 Å². The van der Waals surface area contributed by atoms with E-state index in [1.807, 2.05) is 25.1 Å². The standard InChI is InChI=1S/C12H13N3O/c1-8-5-7-15-12(13)10(8)11-9(16-2)4-3-6-14-11/h3-7H,1-2H3,(H2,13,15). The summed E-state index contributed by atoms with van der Waals surface area (Å²) in [7, 11) is 1.61. The molecule has 2 heterocycles. The minimum absolute atomic E-state index is 0.469. The van der Waals surface area contributed by atoms with Crippen LogP contribution in [0.4, 0.5) is 5.82 Å². The number of nitrogen functional groups attached to an aromatic ring is 1. The maximum Gasteiger partial charge on any atom is 0.145 e. The normalized spacial score (nSPS) is 10.1. The van der Waals surface area contributed by atoms with Crippen LogP contribution in [0.15, 0.2) is 30.6 Å². The highest BCUT2D eigenvalue weighted by Crippen LogP contribution is 2.32. The molecule has 2 N–H and O–H groups in total. The Kier molecular flexibility index (Phi) is 2.72. The Morgan fingerprint density at radius 1 is 1.19 bits per heavy atom. The largest absolute Gasteiger partial charge is 0.494 e. The topological polar surface area (TPSA) is 61.0 Å². The molecule has 0 radical (unpaired) electrons. The Balaban J connectivity index is 2.67. The summed E-state index contributed by atoms with van der Waals surface area (Å²) in [6.45, 7) is 1.97. The number of nitrogens with two attached hydrogens (primary N) is 1. The first-order valence-electron chi connectivity index (χ1n) is 4.94. The average molecular weight is 215 g/mol. The van der Waals surface area contributed by atoms with Crippen molar-refractivity contribution in [3.05, 3.63) is 36.2 Å². The highest BCUT2D eigenvalue weighted by atomic mass is 16.5. The Morgan fingerprint density at radius 3 is 2.69 bits per heavy atom. The Hall–Kier alpha value is -2.10. The van der Waals surface area contributed by atoms with Gasteiger partial charge in [-0.25, -0.2) is 4.98 Å². The van der Waals surface area contributed by atoms with Crippen molar-refractivity contribution in [1.82, 2.24) is 9.97 Å². The summed E-state index contributed by atoms with van der Waals surface area (Å²) in [5, 5.41) is 0. The first kappa shape index (κ1) is 10.4. The molecule has 0 atom stereocenters. The van der Waals surface area contributed by atoms with E-state index in [4.69, 9.17) is 10.5 Å². The summed E-state index contributed by atoms with van der Waals surface area (Å²) in [4.78, 5) is 8.37. The van der Waals surface area contributed by atoms with Gasteiger partial charge in [0.2, 0.25) is 0 Å². The molecule has 0 unspecified atom stereocenters. The van der Waals surface area contributed by atoms with E-state index >= 15 is 0 Å². The Labute approximate surface area is 94.1 Å². The highest BCUT2D eigenvalue weighted by Gasteiger charge is 2.12. The molecule has 0 saturated carbocycles. The Bertz CT molecular complexity index is 491. The van der Waals surface area contributed by atoms with E-state index in [9.17, 15) is 0 Å². The fourth-order valence-electron chi connectivity index (χ4n) is 1.63. The third-order valence-electron chi connectivity index (χ3n) is 2.42. The van der Waals surface area contributed by atoms with Crippen LogP contribution in [-0.4, -0.2) is 17.1 Å². The summed E-state index contributed by atoms with van der Waals surface area (Å²) >= 11 is 0. The third-order valence-corrected chi connectivity index (χ3v) is 2.42. The zero-order chi connectivity index (χ0) is 11.5. The smallest absolute Gasteiger partial charge is 0.145 e. The number of pyridine rings is 2. The van der Waals surface area contributed by atoms with Crippen LogP contribution in [0.25, 0.3) is 11.3 Å². The van der Waals surface area contributed by atoms with Gasteiger partial charge >= 0.3 is 0 Å². The van der Waals surface area contributed by atoms with Crippen LogP contribution in [0.3, 0.4) is 0 Å². The second-order valence-electron chi connectivity index (χ2n) is 3.44. The van der Waals surface area contributed by atoms with E-state index in [0.717, 1.165) is 16.8 Å². The van der Waals surface area contributed by atoms with Crippen LogP contribution >= 0.6 is 0 Å². The van der Waals surface area contributed by atoms with Crippen molar-refractivity contribution >= 4 is 5.82 Å². The SMILES string of the molecule is COc1cccnc1-c1c(C)ccnc1N. The van der Waals surface area contributed by atoms with Gasteiger partial charge in [-0.05, 0) is 30.7 Å². The van der Waals surface area contributed by atoms with Crippen molar-refractivity contribution in [2.24, 2.45) is 0 Å². The highest BCUT2D eigenvalue weighted by molar-refractivity contribution is 5.77. The van der Waals surface area contributed by atoms with E-state index < -0.39 is 0 Å². The lowest BCUT2D eigenvalue weighted by Crippen LogP contribution is -1.99. The molecule has 82 valence electrons. The lowest BCUT2D eigenvalue weighted by Gasteiger charge is -2.10. The predicted molar refractivity (Wildman–Crippen MR) is 63.2 cm³/mol. The van der Waals surface area contributed by atoms with Crippen LogP contribution < -0.4 is 10.5 Å². The fraction of sp³-hybridized carbons (Fsp3) is 0.167. The van der Waals surface area contributed by atoms with E-state index in [1.165, 1.54) is 0 Å². The van der Waals surface area contributed by atoms with Gasteiger partial charge in [0.1, 0.15) is 17.3 Å². The van der Waals surface area contributed by atoms with Crippen molar-refractivity contribution in [2.75, 3.05) is 12.8 Å². The molecule has 4 nitrogen and oxygen atoms in total. The van der Waals surface area contributed by atoms with Gasteiger partial charge in [0.05, 0.1) is 7.11 Å². The second-order valence-corrected chi connectivity index (χ2v) is 3.44. The van der Waals surface area contributed by atoms with Crippen molar-refractivity contribution < 1.29 is 4.74 Å². The molecule has 0 aliphatic rings. The number of hydrogen-bond acceptors (Lipinski definition) is 4. The van der Waals surface area contributed by atoms with Gasteiger partial charge in [0.15, 0.2) is 0 Å². The molecule has 0 aromatic carbocycles. The number of methoxy groups -OCH3 is 1. The van der Waals surface area contributed by atoms with E-state index in [-0.39, 0.29) is 0 Å². The molecule has 0 spiro atoms. The van der Waals surface area contributed by atoms with Gasteiger partial charge in [0.25, 0.3) is 0 Å². The van der Waals surface area contributed by atoms with Crippen molar-refractivity contribution in [3.8, 4) is 17.0 Å². The minimum atomic E-state index is 0.469. The maximum atomic E-state index is 5.87. The lowest BCUT2D eigenvalue weighted by atomic mass is 10.1. The molecule has 2 rings (SSSR count). The molecule has 0 fully saturated rings. The molecule has 0 amide bonds. The van der Waals surface area contributed by atoms with Crippen molar-refractivity contribution in [2.45, 2.75) is 6.92 Å². The van der Waals surface area contributed by atoms with Crippen molar-refractivity contribution in [1.29, 1.82) is 0 Å². The average Bonchev–Trinajstić information content (AvgIpc) is 2.29. The summed E-state index contributed by atoms with van der Waals surface area (Å²) in [5.74, 6) is 1.17. The van der Waals surface area contributed by atoms with Gasteiger partial charge in [-0.1, -0.05) is 0 Å². The number of rotatable bonds is 2. The molecule has 2 aromatic heterocycles. The molecule has 2 aromatic rings. The summed E-state index contributed by atoms with van der Waals surface area (Å²) in [6.07, 6.45) is 3.40. The van der Waals surface area contributed by atoms with Gasteiger partial charge in [0, 0.05) is 18.0 Å². The molecule has 16 heavy (non-hydrogen) atoms. The van der Waals surface area contributed by atoms with Crippen LogP contribution in [-0.2, 0) is 0 Å². The minimum Gasteiger partial charge on any atom is -0.494 e. The first-order chi connectivity index (χ1) is 7.74. The number of anilines is 1. The molecular weight excluding hydrogens is 202 g/mol. The van der Waals surface area contributed by atoms with E-state index in [0.29, 0.717) is 11.6 Å². The quantitative estimate of drug-likeness (QED) is 0.832. The van der Waals surface area contributed by atoms with Crippen LogP contribution in [0.1, 0.15) is 5.56 Å². The monoisotopic (exact) mass is 215 g/mol. The first-order valence-corrected chi connectivity index (χ1v) is 4.94. The number of hydrogen-bond donors (Lipinski definition) is 1. The van der Waals surface area contributed by atoms with E-state index in [1.54, 1.807) is 19.5 Å². The molecular formula is C12H13N3O. The second kappa shape index (κ2) is 4.18. The van der Waals surface area contributed by atoms with Crippen molar-refractivity contribution in [3.63, 3.8) is 0 Å². The molecule has 0 aliphatic heterocycles. The van der Waals surface area contributed by atoms with Gasteiger partial charge in [-0.3, -0.25) is 4.98 Å². The number of nitrogens with zero attached hydrogens (tertiary/aromatic N) is 2. The third kappa shape index (κ3) is 1.69. The van der Waals surface area contributed by atoms with Gasteiger partial charge < -0.3 is 10.5 Å². The molecule has 0 aliphatic carbocycles. The van der Waals surface area contributed by atoms with Crippen LogP contribution in [0, 0.1) is 6.92 Å². The van der Waals surface area contributed by atoms with Crippen LogP contribution in [0.5, 0.6) is 5.75 Å². The van der Waals surface area contributed by atoms with E-state index in [2.05, 4.69) is 9.97 Å². The number of aromatic nitrogens is 2. The summed E-state index contributed by atoms with van der Waals surface area (Å²) < 4.78 is 5.26. The van der Waals surface area contributed by atoms with Gasteiger partial charge in [-0.15, -0.1) is 0 Å². The zero-order valence-electron chi connectivity index (χ0n) is 9.27. The molecule has 4 heteroatoms.